The molecule has 298 valence electrons. The molecule has 0 saturated heterocycles. The van der Waals surface area contributed by atoms with E-state index in [0.29, 0.717) is 50.2 Å². The second kappa shape index (κ2) is 19.2. The Labute approximate surface area is 326 Å². The summed E-state index contributed by atoms with van der Waals surface area (Å²) >= 11 is 0. The minimum Gasteiger partial charge on any atom is -0.338 e. The zero-order valence-electron chi connectivity index (χ0n) is 30.3. The largest absolute Gasteiger partial charge is 0.416 e. The molecule has 6 rings (SSSR count). The number of benzene rings is 3. The highest BCUT2D eigenvalue weighted by molar-refractivity contribution is 7.85. The summed E-state index contributed by atoms with van der Waals surface area (Å²) in [6.07, 6.45) is 0.306. The van der Waals surface area contributed by atoms with E-state index in [1.54, 1.807) is 73.1 Å². The van der Waals surface area contributed by atoms with Crippen molar-refractivity contribution in [3.05, 3.63) is 156 Å². The van der Waals surface area contributed by atoms with Gasteiger partial charge in [0.05, 0.1) is 39.5 Å². The third-order valence-electron chi connectivity index (χ3n) is 7.87. The molecule has 6 aromatic rings. The molecule has 3 aromatic carbocycles. The molecule has 13 nitrogen and oxygen atoms in total. The van der Waals surface area contributed by atoms with Gasteiger partial charge in [0, 0.05) is 35.2 Å². The normalized spacial score (nSPS) is 11.4. The van der Waals surface area contributed by atoms with Crippen LogP contribution in [-0.2, 0) is 26.4 Å². The maximum atomic E-state index is 13.3. The lowest BCUT2D eigenvalue weighted by Crippen LogP contribution is -2.30. The number of alkyl halides is 3. The number of hydrogen-bond acceptors (Lipinski definition) is 9. The van der Waals surface area contributed by atoms with Crippen LogP contribution in [0.4, 0.5) is 18.9 Å². The molecule has 3 heterocycles. The predicted molar refractivity (Wildman–Crippen MR) is 209 cm³/mol. The zero-order valence-corrected chi connectivity index (χ0v) is 31.9. The van der Waals surface area contributed by atoms with Gasteiger partial charge in [-0.25, -0.2) is 0 Å². The van der Waals surface area contributed by atoms with Gasteiger partial charge in [-0.3, -0.25) is 33.6 Å². The van der Waals surface area contributed by atoms with Gasteiger partial charge >= 0.3 is 6.18 Å². The van der Waals surface area contributed by atoms with Gasteiger partial charge in [0.15, 0.2) is 0 Å². The molecule has 0 unspecified atom stereocenters. The molecule has 0 aliphatic rings. The Morgan fingerprint density at radius 3 is 1.75 bits per heavy atom. The Morgan fingerprint density at radius 2 is 1.25 bits per heavy atom. The van der Waals surface area contributed by atoms with E-state index < -0.39 is 43.9 Å². The molecule has 0 fully saturated rings. The van der Waals surface area contributed by atoms with E-state index >= 15 is 0 Å². The molecule has 0 bridgehead atoms. The summed E-state index contributed by atoms with van der Waals surface area (Å²) in [5.41, 5.74) is 3.13. The standard InChI is InChI=1S/C35H24F3N5O2.2C2H6O3S/c36-35(37,38)25-14-11-22(12-15-25)27-7-1-2-8-28(27)34(45)42-26-16-13-23-19-24(21-41-31(23)20-26)33(44)43-32(29-9-3-5-17-39-29)30-10-4-6-18-40-30;2*1-2-6(3,4)5/h1-21,32H,(H,42,45)(H,43,44);2*2H2,1H3,(H,3,4,5). The van der Waals surface area contributed by atoms with Gasteiger partial charge in [-0.2, -0.15) is 30.0 Å². The molecule has 0 saturated carbocycles. The number of fused-ring (bicyclic) bond motifs is 1. The smallest absolute Gasteiger partial charge is 0.338 e. The number of amides is 2. The van der Waals surface area contributed by atoms with Crippen LogP contribution in [0.1, 0.15) is 57.6 Å². The van der Waals surface area contributed by atoms with E-state index in [2.05, 4.69) is 25.6 Å². The number of pyridine rings is 3. The van der Waals surface area contributed by atoms with Crippen molar-refractivity contribution in [2.45, 2.75) is 26.1 Å². The van der Waals surface area contributed by atoms with Gasteiger partial charge in [-0.15, -0.1) is 0 Å². The van der Waals surface area contributed by atoms with Crippen molar-refractivity contribution >= 4 is 48.6 Å². The fraction of sp³-hybridized carbons (Fsp3) is 0.154. The van der Waals surface area contributed by atoms with Crippen molar-refractivity contribution < 1.29 is 48.7 Å². The molecule has 2 amide bonds. The Hall–Kier alpha value is -6.08. The summed E-state index contributed by atoms with van der Waals surface area (Å²) < 4.78 is 92.9. The first-order chi connectivity index (χ1) is 26.9. The maximum Gasteiger partial charge on any atom is 0.416 e. The molecule has 0 radical (unpaired) electrons. The fourth-order valence-corrected chi connectivity index (χ4v) is 4.90. The highest BCUT2D eigenvalue weighted by atomic mass is 32.2. The van der Waals surface area contributed by atoms with Crippen LogP contribution >= 0.6 is 0 Å². The molecule has 18 heteroatoms. The fourth-order valence-electron chi connectivity index (χ4n) is 4.90. The van der Waals surface area contributed by atoms with Crippen LogP contribution in [0, 0.1) is 0 Å². The highest BCUT2D eigenvalue weighted by Gasteiger charge is 2.30. The average Bonchev–Trinajstić information content (AvgIpc) is 3.20. The number of nitrogens with one attached hydrogen (secondary N) is 2. The number of carbonyl (C=O) groups excluding carboxylic acids is 2. The summed E-state index contributed by atoms with van der Waals surface area (Å²) in [6.45, 7) is 2.74. The van der Waals surface area contributed by atoms with Gasteiger partial charge in [0.25, 0.3) is 32.1 Å². The third-order valence-corrected chi connectivity index (χ3v) is 9.33. The van der Waals surface area contributed by atoms with Gasteiger partial charge in [0.1, 0.15) is 6.04 Å². The highest BCUT2D eigenvalue weighted by Crippen LogP contribution is 2.32. The molecule has 0 aliphatic carbocycles. The van der Waals surface area contributed by atoms with Crippen LogP contribution in [0.2, 0.25) is 0 Å². The summed E-state index contributed by atoms with van der Waals surface area (Å²) in [5, 5.41) is 6.52. The number of nitrogens with zero attached hydrogens (tertiary/aromatic N) is 3. The van der Waals surface area contributed by atoms with Crippen molar-refractivity contribution in [2.24, 2.45) is 0 Å². The molecular weight excluding hydrogens is 788 g/mol. The van der Waals surface area contributed by atoms with Crippen molar-refractivity contribution in [1.29, 1.82) is 0 Å². The molecule has 0 atom stereocenters. The van der Waals surface area contributed by atoms with Crippen LogP contribution in [0.3, 0.4) is 0 Å². The second-order valence-electron chi connectivity index (χ2n) is 11.9. The van der Waals surface area contributed by atoms with E-state index in [4.69, 9.17) is 9.11 Å². The van der Waals surface area contributed by atoms with Crippen LogP contribution in [0.25, 0.3) is 22.0 Å². The Bertz CT molecular complexity index is 2460. The lowest BCUT2D eigenvalue weighted by Gasteiger charge is -2.18. The number of anilines is 1. The lowest BCUT2D eigenvalue weighted by atomic mass is 9.98. The van der Waals surface area contributed by atoms with Gasteiger partial charge in [-0.1, -0.05) is 48.5 Å². The number of carbonyl (C=O) groups is 2. The Balaban J connectivity index is 0.000000524. The second-order valence-corrected chi connectivity index (χ2v) is 15.3. The first kappa shape index (κ1) is 43.6. The van der Waals surface area contributed by atoms with E-state index in [-0.39, 0.29) is 17.4 Å². The summed E-state index contributed by atoms with van der Waals surface area (Å²) in [6, 6.07) is 28.5. The van der Waals surface area contributed by atoms with E-state index in [1.165, 1.54) is 32.2 Å². The van der Waals surface area contributed by atoms with Crippen molar-refractivity contribution in [2.75, 3.05) is 16.8 Å². The zero-order chi connectivity index (χ0) is 41.8. The van der Waals surface area contributed by atoms with Gasteiger partial charge in [-0.05, 0) is 85.6 Å². The first-order valence-corrected chi connectivity index (χ1v) is 20.1. The molecule has 0 spiro atoms. The summed E-state index contributed by atoms with van der Waals surface area (Å²) in [7, 11) is -7.32. The Morgan fingerprint density at radius 1 is 0.702 bits per heavy atom. The van der Waals surface area contributed by atoms with Crippen LogP contribution in [0.5, 0.6) is 0 Å². The number of hydrogen-bond donors (Lipinski definition) is 4. The molecule has 0 aliphatic heterocycles. The first-order valence-electron chi connectivity index (χ1n) is 16.9. The average molecular weight is 824 g/mol. The minimum absolute atomic E-state index is 0.201. The number of halogens is 3. The molecule has 57 heavy (non-hydrogen) atoms. The topological polar surface area (TPSA) is 206 Å². The molecule has 4 N–H and O–H groups in total. The van der Waals surface area contributed by atoms with Crippen LogP contribution in [-0.4, -0.2) is 64.2 Å². The monoisotopic (exact) mass is 823 g/mol. The van der Waals surface area contributed by atoms with Crippen LogP contribution in [0.15, 0.2) is 128 Å². The predicted octanol–water partition coefficient (Wildman–Crippen LogP) is 7.27. The van der Waals surface area contributed by atoms with E-state index in [9.17, 15) is 39.6 Å². The third kappa shape index (κ3) is 13.3. The maximum absolute atomic E-state index is 13.3. The Kier molecular flexibility index (Phi) is 14.7. The summed E-state index contributed by atoms with van der Waals surface area (Å²) in [4.78, 5) is 39.8. The lowest BCUT2D eigenvalue weighted by molar-refractivity contribution is -0.137. The number of rotatable bonds is 9. The molecular formula is C39H36F3N5O8S2. The van der Waals surface area contributed by atoms with Crippen molar-refractivity contribution in [1.82, 2.24) is 20.3 Å². The van der Waals surface area contributed by atoms with E-state index in [1.807, 2.05) is 24.3 Å². The summed E-state index contributed by atoms with van der Waals surface area (Å²) in [5.74, 6) is -1.20. The quantitative estimate of drug-likeness (QED) is 0.107. The molecule has 3 aromatic heterocycles. The SMILES string of the molecule is CCS(=O)(=O)O.CCS(=O)(=O)O.O=C(NC(c1ccccn1)c1ccccn1)c1cnc2cc(NC(=O)c3ccccc3-c3ccc(C(F)(F)F)cc3)ccc2c1. The van der Waals surface area contributed by atoms with E-state index in [0.717, 1.165) is 12.1 Å². The van der Waals surface area contributed by atoms with Crippen LogP contribution < -0.4 is 10.6 Å². The van der Waals surface area contributed by atoms with Gasteiger partial charge in [0.2, 0.25) is 0 Å². The number of aromatic nitrogens is 3. The van der Waals surface area contributed by atoms with Gasteiger partial charge < -0.3 is 10.6 Å². The van der Waals surface area contributed by atoms with Crippen molar-refractivity contribution in [3.63, 3.8) is 0 Å². The van der Waals surface area contributed by atoms with Crippen molar-refractivity contribution in [3.8, 4) is 11.1 Å². The minimum atomic E-state index is -4.45.